The van der Waals surface area contributed by atoms with Gasteiger partial charge in [-0.25, -0.2) is 18.1 Å². The van der Waals surface area contributed by atoms with Gasteiger partial charge in [-0.3, -0.25) is 0 Å². The minimum absolute atomic E-state index is 0.0523. The van der Waals surface area contributed by atoms with E-state index in [1.54, 1.807) is 31.2 Å². The number of nitrogens with zero attached hydrogens (tertiary/aromatic N) is 1. The van der Waals surface area contributed by atoms with Gasteiger partial charge in [0.25, 0.3) is 0 Å². The molecule has 0 amide bonds. The molecule has 0 aliphatic carbocycles. The van der Waals surface area contributed by atoms with Gasteiger partial charge < -0.3 is 4.74 Å². The van der Waals surface area contributed by atoms with Crippen molar-refractivity contribution in [3.63, 3.8) is 0 Å². The number of hydrogen-bond donors (Lipinski definition) is 1. The number of halogens is 1. The quantitative estimate of drug-likeness (QED) is 0.906. The standard InChI is InChI=1S/C15H15ClN2O3S/c1-10(2)14-8-13(22(19,20)17-3)9-18-15(14)21-12-6-4-11(16)5-7-12/h4-9,17H,1H2,2-3H3. The van der Waals surface area contributed by atoms with Gasteiger partial charge in [0.05, 0.1) is 6.20 Å². The Morgan fingerprint density at radius 2 is 1.95 bits per heavy atom. The zero-order chi connectivity index (χ0) is 16.3. The summed E-state index contributed by atoms with van der Waals surface area (Å²) in [5.74, 6) is 0.827. The Hall–Kier alpha value is -1.89. The first kappa shape index (κ1) is 16.5. The van der Waals surface area contributed by atoms with Crippen LogP contribution in [0.1, 0.15) is 12.5 Å². The van der Waals surface area contributed by atoms with Crippen molar-refractivity contribution in [2.45, 2.75) is 11.8 Å². The predicted octanol–water partition coefficient (Wildman–Crippen LogP) is 3.47. The van der Waals surface area contributed by atoms with Crippen molar-refractivity contribution >= 4 is 27.2 Å². The molecule has 1 aromatic carbocycles. The summed E-state index contributed by atoms with van der Waals surface area (Å²) in [4.78, 5) is 4.15. The van der Waals surface area contributed by atoms with Crippen LogP contribution in [0.2, 0.25) is 5.02 Å². The lowest BCUT2D eigenvalue weighted by Crippen LogP contribution is -2.19. The summed E-state index contributed by atoms with van der Waals surface area (Å²) < 4.78 is 31.6. The number of nitrogens with one attached hydrogen (secondary N) is 1. The molecule has 1 heterocycles. The van der Waals surface area contributed by atoms with Crippen molar-refractivity contribution in [1.82, 2.24) is 9.71 Å². The number of aromatic nitrogens is 1. The number of ether oxygens (including phenoxy) is 1. The van der Waals surface area contributed by atoms with E-state index in [1.165, 1.54) is 19.3 Å². The fourth-order valence-electron chi connectivity index (χ4n) is 1.70. The molecule has 0 saturated carbocycles. The molecular weight excluding hydrogens is 324 g/mol. The number of pyridine rings is 1. The molecule has 1 N–H and O–H groups in total. The number of hydrogen-bond acceptors (Lipinski definition) is 4. The average Bonchev–Trinajstić information content (AvgIpc) is 2.49. The molecule has 0 radical (unpaired) electrons. The van der Waals surface area contributed by atoms with Crippen molar-refractivity contribution in [1.29, 1.82) is 0 Å². The van der Waals surface area contributed by atoms with Gasteiger partial charge in [0.15, 0.2) is 0 Å². The molecule has 0 saturated heterocycles. The third kappa shape index (κ3) is 3.65. The molecule has 2 aromatic rings. The Morgan fingerprint density at radius 3 is 2.50 bits per heavy atom. The van der Waals surface area contributed by atoms with Crippen molar-refractivity contribution < 1.29 is 13.2 Å². The number of benzene rings is 1. The SMILES string of the molecule is C=C(C)c1cc(S(=O)(=O)NC)cnc1Oc1ccc(Cl)cc1. The normalized spacial score (nSPS) is 11.2. The van der Waals surface area contributed by atoms with Crippen LogP contribution in [0.15, 0.2) is 48.0 Å². The molecule has 22 heavy (non-hydrogen) atoms. The van der Waals surface area contributed by atoms with Crippen molar-refractivity contribution in [2.75, 3.05) is 7.05 Å². The topological polar surface area (TPSA) is 68.3 Å². The molecule has 0 spiro atoms. The smallest absolute Gasteiger partial charge is 0.241 e. The van der Waals surface area contributed by atoms with Gasteiger partial charge in [-0.2, -0.15) is 0 Å². The van der Waals surface area contributed by atoms with Gasteiger partial charge in [-0.15, -0.1) is 0 Å². The van der Waals surface area contributed by atoms with E-state index < -0.39 is 10.0 Å². The van der Waals surface area contributed by atoms with E-state index in [0.717, 1.165) is 0 Å². The molecule has 0 atom stereocenters. The van der Waals surface area contributed by atoms with Crippen molar-refractivity contribution in [3.05, 3.63) is 53.7 Å². The van der Waals surface area contributed by atoms with E-state index in [1.807, 2.05) is 0 Å². The van der Waals surface area contributed by atoms with Crippen LogP contribution in [-0.4, -0.2) is 20.4 Å². The summed E-state index contributed by atoms with van der Waals surface area (Å²) in [5, 5.41) is 0.593. The van der Waals surface area contributed by atoms with E-state index in [2.05, 4.69) is 16.3 Å². The third-order valence-corrected chi connectivity index (χ3v) is 4.53. The van der Waals surface area contributed by atoms with E-state index in [4.69, 9.17) is 16.3 Å². The van der Waals surface area contributed by atoms with Crippen LogP contribution in [0, 0.1) is 0 Å². The maximum Gasteiger partial charge on any atom is 0.241 e. The molecule has 7 heteroatoms. The summed E-state index contributed by atoms with van der Waals surface area (Å²) in [6, 6.07) is 8.26. The van der Waals surface area contributed by atoms with Gasteiger partial charge in [-0.05, 0) is 49.9 Å². The highest BCUT2D eigenvalue weighted by Crippen LogP contribution is 2.29. The fourth-order valence-corrected chi connectivity index (χ4v) is 2.53. The van der Waals surface area contributed by atoms with E-state index >= 15 is 0 Å². The summed E-state index contributed by atoms with van der Waals surface area (Å²) in [6.07, 6.45) is 1.24. The Bertz CT molecular complexity index is 802. The van der Waals surface area contributed by atoms with Gasteiger partial charge >= 0.3 is 0 Å². The summed E-state index contributed by atoms with van der Waals surface area (Å²) in [6.45, 7) is 5.59. The largest absolute Gasteiger partial charge is 0.438 e. The Morgan fingerprint density at radius 1 is 1.32 bits per heavy atom. The van der Waals surface area contributed by atoms with Gasteiger partial charge in [0.1, 0.15) is 10.6 Å². The van der Waals surface area contributed by atoms with Gasteiger partial charge in [0.2, 0.25) is 15.9 Å². The molecule has 1 aromatic heterocycles. The van der Waals surface area contributed by atoms with E-state index in [0.29, 0.717) is 21.9 Å². The fraction of sp³-hybridized carbons (Fsp3) is 0.133. The van der Waals surface area contributed by atoms with Gasteiger partial charge in [-0.1, -0.05) is 18.2 Å². The molecule has 2 rings (SSSR count). The molecule has 0 aliphatic rings. The third-order valence-electron chi connectivity index (χ3n) is 2.89. The van der Waals surface area contributed by atoms with Crippen LogP contribution in [0.3, 0.4) is 0 Å². The van der Waals surface area contributed by atoms with Crippen LogP contribution >= 0.6 is 11.6 Å². The highest BCUT2D eigenvalue weighted by molar-refractivity contribution is 7.89. The van der Waals surface area contributed by atoms with Crippen LogP contribution in [-0.2, 0) is 10.0 Å². The molecule has 0 aliphatic heterocycles. The van der Waals surface area contributed by atoms with Crippen LogP contribution in [0.25, 0.3) is 5.57 Å². The summed E-state index contributed by atoms with van der Waals surface area (Å²) in [7, 11) is -2.23. The van der Waals surface area contributed by atoms with Crippen molar-refractivity contribution in [2.24, 2.45) is 0 Å². The molecule has 5 nitrogen and oxygen atoms in total. The lowest BCUT2D eigenvalue weighted by atomic mass is 10.1. The number of allylic oxidation sites excluding steroid dienone is 1. The summed E-state index contributed by atoms with van der Waals surface area (Å²) >= 11 is 5.82. The Balaban J connectivity index is 2.44. The molecule has 0 bridgehead atoms. The molecule has 0 unspecified atom stereocenters. The van der Waals surface area contributed by atoms with Gasteiger partial charge in [0, 0.05) is 10.6 Å². The predicted molar refractivity (Wildman–Crippen MR) is 86.7 cm³/mol. The Labute approximate surface area is 134 Å². The molecular formula is C15H15ClN2O3S. The average molecular weight is 339 g/mol. The molecule has 116 valence electrons. The zero-order valence-electron chi connectivity index (χ0n) is 12.1. The minimum Gasteiger partial charge on any atom is -0.438 e. The maximum atomic E-state index is 11.8. The Kier molecular flexibility index (Phi) is 4.85. The highest BCUT2D eigenvalue weighted by Gasteiger charge is 2.16. The number of rotatable bonds is 5. The second-order valence-corrected chi connectivity index (χ2v) is 6.89. The minimum atomic E-state index is -3.58. The monoisotopic (exact) mass is 338 g/mol. The van der Waals surface area contributed by atoms with E-state index in [9.17, 15) is 8.42 Å². The maximum absolute atomic E-state index is 11.8. The first-order valence-electron chi connectivity index (χ1n) is 6.36. The van der Waals surface area contributed by atoms with Crippen LogP contribution < -0.4 is 9.46 Å². The summed E-state index contributed by atoms with van der Waals surface area (Å²) in [5.41, 5.74) is 1.16. The van der Waals surface area contributed by atoms with Crippen LogP contribution in [0.4, 0.5) is 0 Å². The first-order valence-corrected chi connectivity index (χ1v) is 8.22. The molecule has 0 fully saturated rings. The first-order chi connectivity index (χ1) is 10.3. The number of sulfonamides is 1. The zero-order valence-corrected chi connectivity index (χ0v) is 13.7. The second-order valence-electron chi connectivity index (χ2n) is 4.57. The lowest BCUT2D eigenvalue weighted by Gasteiger charge is -2.12. The highest BCUT2D eigenvalue weighted by atomic mass is 35.5. The lowest BCUT2D eigenvalue weighted by molar-refractivity contribution is 0.460. The van der Waals surface area contributed by atoms with Crippen molar-refractivity contribution in [3.8, 4) is 11.6 Å². The second kappa shape index (κ2) is 6.48. The van der Waals surface area contributed by atoms with E-state index in [-0.39, 0.29) is 10.8 Å². The van der Waals surface area contributed by atoms with Crippen LogP contribution in [0.5, 0.6) is 11.6 Å².